The number of aromatic nitrogens is 2. The Hall–Kier alpha value is -1.51. The average molecular weight is 162 g/mol. The third kappa shape index (κ3) is 1.03. The number of fused-ring (bicyclic) bond motifs is 1. The second-order valence-electron chi connectivity index (χ2n) is 2.48. The molecule has 62 valence electrons. The summed E-state index contributed by atoms with van der Waals surface area (Å²) in [5.41, 5.74) is 0.876. The monoisotopic (exact) mass is 162 g/mol. The van der Waals surface area contributed by atoms with E-state index in [4.69, 9.17) is 4.74 Å². The fourth-order valence-corrected chi connectivity index (χ4v) is 1.22. The average Bonchev–Trinajstić information content (AvgIpc) is 2.53. The maximum atomic E-state index is 5.42. The van der Waals surface area contributed by atoms with Crippen LogP contribution in [0, 0.1) is 0 Å². The number of pyridine rings is 1. The summed E-state index contributed by atoms with van der Waals surface area (Å²) >= 11 is 0. The van der Waals surface area contributed by atoms with Gasteiger partial charge in [0.15, 0.2) is 0 Å². The van der Waals surface area contributed by atoms with Crippen molar-refractivity contribution >= 4 is 11.0 Å². The van der Waals surface area contributed by atoms with Gasteiger partial charge in [0.2, 0.25) is 0 Å². The lowest BCUT2D eigenvalue weighted by Gasteiger charge is -2.02. The highest BCUT2D eigenvalue weighted by Gasteiger charge is 2.01. The summed E-state index contributed by atoms with van der Waals surface area (Å²) in [4.78, 5) is 7.18. The molecule has 0 fully saturated rings. The summed E-state index contributed by atoms with van der Waals surface area (Å²) in [5, 5.41) is 1.04. The lowest BCUT2D eigenvalue weighted by atomic mass is 10.3. The molecule has 2 aromatic heterocycles. The Morgan fingerprint density at radius 1 is 1.50 bits per heavy atom. The van der Waals surface area contributed by atoms with Crippen LogP contribution < -0.4 is 4.74 Å². The Bertz CT molecular complexity index is 381. The van der Waals surface area contributed by atoms with Gasteiger partial charge in [0.05, 0.1) is 12.0 Å². The maximum Gasteiger partial charge on any atom is 0.140 e. The van der Waals surface area contributed by atoms with Crippen LogP contribution >= 0.6 is 0 Å². The standard InChI is InChI=1S/C9H10N2O/c1-2-12-8-4-6-11-9-7(8)3-5-10-9/h3-6H,2H2,1H3,(H,10,11). The molecular formula is C9H10N2O. The highest BCUT2D eigenvalue weighted by Crippen LogP contribution is 2.22. The smallest absolute Gasteiger partial charge is 0.140 e. The third-order valence-electron chi connectivity index (χ3n) is 1.72. The number of nitrogens with zero attached hydrogens (tertiary/aromatic N) is 1. The Labute approximate surface area is 70.4 Å². The number of hydrogen-bond acceptors (Lipinski definition) is 2. The van der Waals surface area contributed by atoms with Gasteiger partial charge in [-0.05, 0) is 19.1 Å². The molecule has 0 aliphatic carbocycles. The van der Waals surface area contributed by atoms with Crippen LogP contribution in [0.1, 0.15) is 6.92 Å². The van der Waals surface area contributed by atoms with Crippen LogP contribution in [0.15, 0.2) is 24.5 Å². The topological polar surface area (TPSA) is 37.9 Å². The third-order valence-corrected chi connectivity index (χ3v) is 1.72. The van der Waals surface area contributed by atoms with E-state index in [0.29, 0.717) is 6.61 Å². The molecule has 3 heteroatoms. The minimum absolute atomic E-state index is 0.685. The van der Waals surface area contributed by atoms with Gasteiger partial charge >= 0.3 is 0 Å². The van der Waals surface area contributed by atoms with Crippen LogP contribution in [-0.4, -0.2) is 16.6 Å². The Morgan fingerprint density at radius 2 is 2.42 bits per heavy atom. The lowest BCUT2D eigenvalue weighted by Crippen LogP contribution is -1.91. The molecule has 3 nitrogen and oxygen atoms in total. The van der Waals surface area contributed by atoms with E-state index in [1.165, 1.54) is 0 Å². The van der Waals surface area contributed by atoms with Gasteiger partial charge in [0, 0.05) is 12.4 Å². The van der Waals surface area contributed by atoms with Gasteiger partial charge in [-0.25, -0.2) is 4.98 Å². The zero-order valence-electron chi connectivity index (χ0n) is 6.87. The van der Waals surface area contributed by atoms with Gasteiger partial charge in [-0.2, -0.15) is 0 Å². The van der Waals surface area contributed by atoms with Crippen molar-refractivity contribution in [3.05, 3.63) is 24.5 Å². The van der Waals surface area contributed by atoms with Crippen LogP contribution in [0.4, 0.5) is 0 Å². The van der Waals surface area contributed by atoms with Crippen molar-refractivity contribution in [3.8, 4) is 5.75 Å². The first-order valence-electron chi connectivity index (χ1n) is 3.96. The molecule has 0 saturated heterocycles. The predicted octanol–water partition coefficient (Wildman–Crippen LogP) is 1.96. The van der Waals surface area contributed by atoms with Crippen molar-refractivity contribution in [1.29, 1.82) is 0 Å². The van der Waals surface area contributed by atoms with Crippen molar-refractivity contribution < 1.29 is 4.74 Å². The van der Waals surface area contributed by atoms with Crippen molar-refractivity contribution in [1.82, 2.24) is 9.97 Å². The van der Waals surface area contributed by atoms with Crippen molar-refractivity contribution in [3.63, 3.8) is 0 Å². The van der Waals surface area contributed by atoms with Crippen molar-refractivity contribution in [2.24, 2.45) is 0 Å². The minimum Gasteiger partial charge on any atom is -0.493 e. The summed E-state index contributed by atoms with van der Waals surface area (Å²) < 4.78 is 5.42. The zero-order valence-corrected chi connectivity index (χ0v) is 6.87. The molecule has 0 radical (unpaired) electrons. The first-order chi connectivity index (χ1) is 5.92. The molecule has 2 aromatic rings. The highest BCUT2D eigenvalue weighted by molar-refractivity contribution is 5.82. The molecule has 0 atom stereocenters. The zero-order chi connectivity index (χ0) is 8.39. The quantitative estimate of drug-likeness (QED) is 0.733. The molecule has 0 amide bonds. The van der Waals surface area contributed by atoms with E-state index in [2.05, 4.69) is 9.97 Å². The first kappa shape index (κ1) is 7.16. The summed E-state index contributed by atoms with van der Waals surface area (Å²) in [6.07, 6.45) is 3.60. The molecular weight excluding hydrogens is 152 g/mol. The van der Waals surface area contributed by atoms with Gasteiger partial charge in [0.25, 0.3) is 0 Å². The van der Waals surface area contributed by atoms with Gasteiger partial charge in [-0.1, -0.05) is 0 Å². The number of H-pyrrole nitrogens is 1. The highest BCUT2D eigenvalue weighted by atomic mass is 16.5. The first-order valence-corrected chi connectivity index (χ1v) is 3.96. The molecule has 0 spiro atoms. The van der Waals surface area contributed by atoms with Crippen LogP contribution in [0.3, 0.4) is 0 Å². The fraction of sp³-hybridized carbons (Fsp3) is 0.222. The molecule has 1 N–H and O–H groups in total. The van der Waals surface area contributed by atoms with Crippen molar-refractivity contribution in [2.75, 3.05) is 6.61 Å². The maximum absolute atomic E-state index is 5.42. The van der Waals surface area contributed by atoms with E-state index in [1.54, 1.807) is 6.20 Å². The molecule has 2 rings (SSSR count). The molecule has 0 unspecified atom stereocenters. The van der Waals surface area contributed by atoms with Crippen LogP contribution in [0.25, 0.3) is 11.0 Å². The lowest BCUT2D eigenvalue weighted by molar-refractivity contribution is 0.344. The second kappa shape index (κ2) is 2.85. The minimum atomic E-state index is 0.685. The summed E-state index contributed by atoms with van der Waals surface area (Å²) in [6.45, 7) is 2.66. The molecule has 0 saturated carbocycles. The van der Waals surface area contributed by atoms with E-state index >= 15 is 0 Å². The molecule has 0 aromatic carbocycles. The Kier molecular flexibility index (Phi) is 1.70. The van der Waals surface area contributed by atoms with Crippen LogP contribution in [0.2, 0.25) is 0 Å². The van der Waals surface area contributed by atoms with Crippen molar-refractivity contribution in [2.45, 2.75) is 6.92 Å². The van der Waals surface area contributed by atoms with E-state index < -0.39 is 0 Å². The predicted molar refractivity (Wildman–Crippen MR) is 47.3 cm³/mol. The molecule has 2 heterocycles. The van der Waals surface area contributed by atoms with E-state index in [-0.39, 0.29) is 0 Å². The van der Waals surface area contributed by atoms with Gasteiger partial charge in [-0.15, -0.1) is 0 Å². The number of rotatable bonds is 2. The van der Waals surface area contributed by atoms with E-state index in [9.17, 15) is 0 Å². The van der Waals surface area contributed by atoms with Crippen LogP contribution in [0.5, 0.6) is 5.75 Å². The molecule has 0 aliphatic rings. The second-order valence-corrected chi connectivity index (χ2v) is 2.48. The normalized spacial score (nSPS) is 10.4. The van der Waals surface area contributed by atoms with Gasteiger partial charge in [-0.3, -0.25) is 0 Å². The number of aromatic amines is 1. The summed E-state index contributed by atoms with van der Waals surface area (Å²) in [5.74, 6) is 0.892. The summed E-state index contributed by atoms with van der Waals surface area (Å²) in [7, 11) is 0. The number of ether oxygens (including phenoxy) is 1. The summed E-state index contributed by atoms with van der Waals surface area (Å²) in [6, 6.07) is 3.84. The van der Waals surface area contributed by atoms with E-state index in [0.717, 1.165) is 16.8 Å². The van der Waals surface area contributed by atoms with Crippen LogP contribution in [-0.2, 0) is 0 Å². The Balaban J connectivity index is 2.57. The molecule has 12 heavy (non-hydrogen) atoms. The number of nitrogens with one attached hydrogen (secondary N) is 1. The SMILES string of the molecule is CCOc1ccnc2[nH]ccc12. The number of hydrogen-bond donors (Lipinski definition) is 1. The fourth-order valence-electron chi connectivity index (χ4n) is 1.22. The van der Waals surface area contributed by atoms with E-state index in [1.807, 2.05) is 25.3 Å². The largest absolute Gasteiger partial charge is 0.493 e. The molecule has 0 aliphatic heterocycles. The van der Waals surface area contributed by atoms with Gasteiger partial charge in [0.1, 0.15) is 11.4 Å². The molecule has 0 bridgehead atoms. The Morgan fingerprint density at radius 3 is 3.25 bits per heavy atom. The van der Waals surface area contributed by atoms with Gasteiger partial charge < -0.3 is 9.72 Å².